The van der Waals surface area contributed by atoms with Gasteiger partial charge in [0.25, 0.3) is 5.91 Å². The Hall–Kier alpha value is -0.880. The van der Waals surface area contributed by atoms with Gasteiger partial charge in [-0.15, -0.1) is 24.8 Å². The number of nitrogens with zero attached hydrogens (tertiary/aromatic N) is 1. The first-order valence-electron chi connectivity index (χ1n) is 6.61. The van der Waals surface area contributed by atoms with Gasteiger partial charge in [0, 0.05) is 25.5 Å². The molecule has 0 bridgehead atoms. The fourth-order valence-corrected chi connectivity index (χ4v) is 2.54. The second kappa shape index (κ2) is 9.20. The van der Waals surface area contributed by atoms with Crippen molar-refractivity contribution in [2.75, 3.05) is 26.8 Å². The van der Waals surface area contributed by atoms with Gasteiger partial charge in [0.15, 0.2) is 0 Å². The summed E-state index contributed by atoms with van der Waals surface area (Å²) in [6.07, 6.45) is 3.83. The SMILES string of the molecule is COCC1(CNC(=O)c2cccnc2C)CCCN1.Cl.Cl. The summed E-state index contributed by atoms with van der Waals surface area (Å²) in [6, 6.07) is 3.57. The van der Waals surface area contributed by atoms with Crippen molar-refractivity contribution < 1.29 is 9.53 Å². The molecule has 1 atom stereocenters. The third-order valence-electron chi connectivity index (χ3n) is 3.59. The van der Waals surface area contributed by atoms with Gasteiger partial charge in [-0.05, 0) is 38.4 Å². The second-order valence-corrected chi connectivity index (χ2v) is 5.06. The van der Waals surface area contributed by atoms with Crippen LogP contribution in [-0.2, 0) is 4.74 Å². The third kappa shape index (κ3) is 5.11. The quantitative estimate of drug-likeness (QED) is 0.860. The van der Waals surface area contributed by atoms with E-state index in [-0.39, 0.29) is 36.3 Å². The van der Waals surface area contributed by atoms with E-state index in [0.717, 1.165) is 25.1 Å². The van der Waals surface area contributed by atoms with Crippen LogP contribution in [0.5, 0.6) is 0 Å². The van der Waals surface area contributed by atoms with E-state index in [1.165, 1.54) is 0 Å². The Labute approximate surface area is 138 Å². The number of hydrogen-bond acceptors (Lipinski definition) is 4. The number of carbonyl (C=O) groups is 1. The molecule has 7 heteroatoms. The molecule has 0 aromatic carbocycles. The van der Waals surface area contributed by atoms with Crippen LogP contribution >= 0.6 is 24.8 Å². The largest absolute Gasteiger partial charge is 0.383 e. The van der Waals surface area contributed by atoms with Gasteiger partial charge in [-0.2, -0.15) is 0 Å². The smallest absolute Gasteiger partial charge is 0.253 e. The lowest BCUT2D eigenvalue weighted by Crippen LogP contribution is -2.53. The molecule has 21 heavy (non-hydrogen) atoms. The molecular weight excluding hydrogens is 313 g/mol. The highest BCUT2D eigenvalue weighted by Crippen LogP contribution is 2.19. The molecule has 2 N–H and O–H groups in total. The van der Waals surface area contributed by atoms with Crippen LogP contribution in [0.25, 0.3) is 0 Å². The number of halogens is 2. The first-order valence-corrected chi connectivity index (χ1v) is 6.61. The monoisotopic (exact) mass is 335 g/mol. The van der Waals surface area contributed by atoms with Crippen LogP contribution in [-0.4, -0.2) is 43.2 Å². The van der Waals surface area contributed by atoms with E-state index in [1.807, 2.05) is 6.92 Å². The third-order valence-corrected chi connectivity index (χ3v) is 3.59. The van der Waals surface area contributed by atoms with E-state index in [9.17, 15) is 4.79 Å². The van der Waals surface area contributed by atoms with Crippen molar-refractivity contribution in [2.24, 2.45) is 0 Å². The molecule has 0 spiro atoms. The second-order valence-electron chi connectivity index (χ2n) is 5.06. The number of carbonyl (C=O) groups excluding carboxylic acids is 1. The number of hydrogen-bond donors (Lipinski definition) is 2. The first kappa shape index (κ1) is 20.1. The van der Waals surface area contributed by atoms with Crippen LogP contribution in [0.15, 0.2) is 18.3 Å². The molecule has 2 heterocycles. The molecule has 0 radical (unpaired) electrons. The maximum absolute atomic E-state index is 12.1. The maximum atomic E-state index is 12.1. The van der Waals surface area contributed by atoms with Crippen molar-refractivity contribution in [2.45, 2.75) is 25.3 Å². The highest BCUT2D eigenvalue weighted by molar-refractivity contribution is 5.95. The minimum Gasteiger partial charge on any atom is -0.383 e. The molecule has 1 aromatic heterocycles. The Kier molecular flexibility index (Phi) is 8.82. The van der Waals surface area contributed by atoms with Gasteiger partial charge in [-0.3, -0.25) is 9.78 Å². The highest BCUT2D eigenvalue weighted by Gasteiger charge is 2.33. The van der Waals surface area contributed by atoms with Crippen LogP contribution in [0.4, 0.5) is 0 Å². The number of methoxy groups -OCH3 is 1. The normalized spacial score (nSPS) is 20.3. The van der Waals surface area contributed by atoms with Gasteiger partial charge in [0.1, 0.15) is 0 Å². The van der Waals surface area contributed by atoms with Gasteiger partial charge in [-0.25, -0.2) is 0 Å². The molecule has 1 aromatic rings. The lowest BCUT2D eigenvalue weighted by atomic mass is 9.98. The zero-order chi connectivity index (χ0) is 13.7. The molecule has 1 fully saturated rings. The van der Waals surface area contributed by atoms with Crippen LogP contribution < -0.4 is 10.6 Å². The van der Waals surface area contributed by atoms with Gasteiger partial charge < -0.3 is 15.4 Å². The van der Waals surface area contributed by atoms with Crippen molar-refractivity contribution in [3.63, 3.8) is 0 Å². The molecule has 1 amide bonds. The highest BCUT2D eigenvalue weighted by atomic mass is 35.5. The molecule has 1 aliphatic rings. The standard InChI is InChI=1S/C14H21N3O2.2ClH/c1-11-12(5-3-7-15-11)13(18)16-9-14(10-19-2)6-4-8-17-14;;/h3,5,7,17H,4,6,8-10H2,1-2H3,(H,16,18);2*1H. The number of ether oxygens (including phenoxy) is 1. The number of rotatable bonds is 5. The Morgan fingerprint density at radius 3 is 2.86 bits per heavy atom. The first-order chi connectivity index (χ1) is 9.17. The molecule has 1 unspecified atom stereocenters. The summed E-state index contributed by atoms with van der Waals surface area (Å²) in [7, 11) is 1.69. The van der Waals surface area contributed by atoms with E-state index in [0.29, 0.717) is 18.7 Å². The minimum absolute atomic E-state index is 0. The summed E-state index contributed by atoms with van der Waals surface area (Å²) >= 11 is 0. The Bertz CT molecular complexity index is 452. The van der Waals surface area contributed by atoms with Crippen molar-refractivity contribution in [3.05, 3.63) is 29.6 Å². The van der Waals surface area contributed by atoms with Gasteiger partial charge in [-0.1, -0.05) is 0 Å². The summed E-state index contributed by atoms with van der Waals surface area (Å²) in [5, 5.41) is 6.42. The van der Waals surface area contributed by atoms with Crippen molar-refractivity contribution in [1.29, 1.82) is 0 Å². The summed E-state index contributed by atoms with van der Waals surface area (Å²) in [4.78, 5) is 16.3. The van der Waals surface area contributed by atoms with Crippen molar-refractivity contribution in [3.8, 4) is 0 Å². The Morgan fingerprint density at radius 1 is 1.52 bits per heavy atom. The number of pyridine rings is 1. The predicted octanol–water partition coefficient (Wildman–Crippen LogP) is 1.73. The van der Waals surface area contributed by atoms with E-state index < -0.39 is 0 Å². The maximum Gasteiger partial charge on any atom is 0.253 e. The average Bonchev–Trinajstić information content (AvgIpc) is 2.86. The van der Waals surface area contributed by atoms with E-state index in [4.69, 9.17) is 4.74 Å². The Balaban J connectivity index is 0.00000200. The molecule has 2 rings (SSSR count). The van der Waals surface area contributed by atoms with Crippen molar-refractivity contribution >= 4 is 30.7 Å². The fraction of sp³-hybridized carbons (Fsp3) is 0.571. The van der Waals surface area contributed by atoms with Crippen LogP contribution in [0, 0.1) is 6.92 Å². The summed E-state index contributed by atoms with van der Waals surface area (Å²) < 4.78 is 5.26. The van der Waals surface area contributed by atoms with E-state index in [1.54, 1.807) is 25.4 Å². The molecule has 120 valence electrons. The number of aryl methyl sites for hydroxylation is 1. The number of amides is 1. The zero-order valence-corrected chi connectivity index (χ0v) is 14.0. The predicted molar refractivity (Wildman–Crippen MR) is 87.6 cm³/mol. The van der Waals surface area contributed by atoms with Gasteiger partial charge >= 0.3 is 0 Å². The molecule has 1 saturated heterocycles. The summed E-state index contributed by atoms with van der Waals surface area (Å²) in [5.74, 6) is -0.0743. The zero-order valence-electron chi connectivity index (χ0n) is 12.3. The summed E-state index contributed by atoms with van der Waals surface area (Å²) in [6.45, 7) is 4.01. The van der Waals surface area contributed by atoms with Gasteiger partial charge in [0.2, 0.25) is 0 Å². The summed E-state index contributed by atoms with van der Waals surface area (Å²) in [5.41, 5.74) is 1.26. The lowest BCUT2D eigenvalue weighted by Gasteiger charge is -2.29. The van der Waals surface area contributed by atoms with Gasteiger partial charge in [0.05, 0.1) is 17.7 Å². The minimum atomic E-state index is -0.124. The van der Waals surface area contributed by atoms with Crippen LogP contribution in [0.3, 0.4) is 0 Å². The van der Waals surface area contributed by atoms with E-state index >= 15 is 0 Å². The number of nitrogens with one attached hydrogen (secondary N) is 2. The average molecular weight is 336 g/mol. The van der Waals surface area contributed by atoms with Crippen LogP contribution in [0.2, 0.25) is 0 Å². The molecule has 1 aliphatic heterocycles. The van der Waals surface area contributed by atoms with Crippen molar-refractivity contribution in [1.82, 2.24) is 15.6 Å². The Morgan fingerprint density at radius 2 is 2.29 bits per heavy atom. The molecule has 0 saturated carbocycles. The van der Waals surface area contributed by atoms with E-state index in [2.05, 4.69) is 15.6 Å². The lowest BCUT2D eigenvalue weighted by molar-refractivity contribution is 0.0891. The fourth-order valence-electron chi connectivity index (χ4n) is 2.54. The topological polar surface area (TPSA) is 63.2 Å². The molecule has 0 aliphatic carbocycles. The number of aromatic nitrogens is 1. The molecule has 5 nitrogen and oxygen atoms in total. The van der Waals surface area contributed by atoms with Crippen LogP contribution in [0.1, 0.15) is 28.9 Å². The molecular formula is C14H23Cl2N3O2.